The zero-order chi connectivity index (χ0) is 14.0. The second kappa shape index (κ2) is 5.51. The molecule has 0 saturated carbocycles. The molecule has 1 heterocycles. The predicted octanol–water partition coefficient (Wildman–Crippen LogP) is 1.49. The highest BCUT2D eigenvalue weighted by molar-refractivity contribution is 7.90. The number of ether oxygens (including phenoxy) is 1. The average molecular weight is 283 g/mol. The molecule has 0 aromatic heterocycles. The van der Waals surface area contributed by atoms with E-state index in [4.69, 9.17) is 4.74 Å². The lowest BCUT2D eigenvalue weighted by molar-refractivity contribution is 0.000931. The summed E-state index contributed by atoms with van der Waals surface area (Å²) in [5.41, 5.74) is 1.18. The van der Waals surface area contributed by atoms with Crippen molar-refractivity contribution >= 4 is 9.84 Å². The van der Waals surface area contributed by atoms with Crippen LogP contribution in [0.1, 0.15) is 12.5 Å². The van der Waals surface area contributed by atoms with Gasteiger partial charge in [-0.3, -0.25) is 4.90 Å². The summed E-state index contributed by atoms with van der Waals surface area (Å²) >= 11 is 0. The Bertz CT molecular complexity index is 535. The van der Waals surface area contributed by atoms with Crippen molar-refractivity contribution in [2.75, 3.05) is 25.1 Å². The molecule has 19 heavy (non-hydrogen) atoms. The molecule has 1 aromatic carbocycles. The fraction of sp³-hybridized carbons (Fsp3) is 0.571. The van der Waals surface area contributed by atoms with Gasteiger partial charge in [0.2, 0.25) is 0 Å². The van der Waals surface area contributed by atoms with Gasteiger partial charge in [-0.15, -0.1) is 0 Å². The van der Waals surface area contributed by atoms with Crippen LogP contribution in [0, 0.1) is 6.92 Å². The molecule has 0 aliphatic carbocycles. The monoisotopic (exact) mass is 283 g/mol. The molecule has 5 heteroatoms. The lowest BCUT2D eigenvalue weighted by Gasteiger charge is -2.42. The van der Waals surface area contributed by atoms with Crippen LogP contribution in [-0.2, 0) is 9.84 Å². The Kier molecular flexibility index (Phi) is 4.16. The molecule has 1 aliphatic rings. The number of benzene rings is 1. The Morgan fingerprint density at radius 2 is 2.11 bits per heavy atom. The van der Waals surface area contributed by atoms with E-state index in [0.717, 1.165) is 18.8 Å². The first-order valence-corrected chi connectivity index (χ1v) is 8.54. The molecule has 2 rings (SSSR count). The minimum atomic E-state index is -2.91. The lowest BCUT2D eigenvalue weighted by Crippen LogP contribution is -2.58. The van der Waals surface area contributed by atoms with Gasteiger partial charge in [-0.25, -0.2) is 8.42 Å². The van der Waals surface area contributed by atoms with E-state index < -0.39 is 9.84 Å². The number of sulfone groups is 1. The summed E-state index contributed by atoms with van der Waals surface area (Å²) in [6.45, 7) is 5.58. The summed E-state index contributed by atoms with van der Waals surface area (Å²) in [6.07, 6.45) is 1.45. The third-order valence-corrected chi connectivity index (χ3v) is 4.42. The molecule has 1 aliphatic heterocycles. The van der Waals surface area contributed by atoms with E-state index in [1.807, 2.05) is 38.1 Å². The number of hydrogen-bond acceptors (Lipinski definition) is 4. The summed E-state index contributed by atoms with van der Waals surface area (Å²) < 4.78 is 28.3. The standard InChI is InChI=1S/C14H21NO3S/c1-11-5-4-6-13(7-11)18-14-8-15(9-14)12(2)10-19(3,16)17/h4-7,12,14H,8-10H2,1-3H3/t12-/m1/s1. The first-order valence-electron chi connectivity index (χ1n) is 6.48. The smallest absolute Gasteiger partial charge is 0.148 e. The van der Waals surface area contributed by atoms with Gasteiger partial charge >= 0.3 is 0 Å². The fourth-order valence-electron chi connectivity index (χ4n) is 2.33. The first-order chi connectivity index (χ1) is 8.83. The van der Waals surface area contributed by atoms with E-state index in [1.165, 1.54) is 11.8 Å². The summed E-state index contributed by atoms with van der Waals surface area (Å²) in [7, 11) is -2.91. The minimum Gasteiger partial charge on any atom is -0.488 e. The van der Waals surface area contributed by atoms with Crippen LogP contribution >= 0.6 is 0 Å². The molecule has 1 saturated heterocycles. The SMILES string of the molecule is Cc1cccc(OC2CN([C@H](C)CS(C)(=O)=O)C2)c1. The fourth-order valence-corrected chi connectivity index (χ4v) is 3.42. The van der Waals surface area contributed by atoms with Crippen molar-refractivity contribution < 1.29 is 13.2 Å². The summed E-state index contributed by atoms with van der Waals surface area (Å²) in [6, 6.07) is 8.05. The highest BCUT2D eigenvalue weighted by Crippen LogP contribution is 2.21. The Labute approximate surface area is 115 Å². The van der Waals surface area contributed by atoms with Crippen molar-refractivity contribution in [1.29, 1.82) is 0 Å². The van der Waals surface area contributed by atoms with E-state index in [9.17, 15) is 8.42 Å². The lowest BCUT2D eigenvalue weighted by atomic mass is 10.1. The van der Waals surface area contributed by atoms with Gasteiger partial charge in [0, 0.05) is 25.4 Å². The third-order valence-electron chi connectivity index (χ3n) is 3.34. The number of rotatable bonds is 5. The number of likely N-dealkylation sites (tertiary alicyclic amines) is 1. The maximum Gasteiger partial charge on any atom is 0.148 e. The van der Waals surface area contributed by atoms with E-state index in [-0.39, 0.29) is 17.9 Å². The van der Waals surface area contributed by atoms with Gasteiger partial charge < -0.3 is 4.74 Å². The van der Waals surface area contributed by atoms with Crippen molar-refractivity contribution in [3.05, 3.63) is 29.8 Å². The second-order valence-corrected chi connectivity index (χ2v) is 7.64. The van der Waals surface area contributed by atoms with Crippen molar-refractivity contribution in [1.82, 2.24) is 4.90 Å². The van der Waals surface area contributed by atoms with Gasteiger partial charge in [0.05, 0.1) is 5.75 Å². The highest BCUT2D eigenvalue weighted by Gasteiger charge is 2.33. The van der Waals surface area contributed by atoms with Gasteiger partial charge in [-0.2, -0.15) is 0 Å². The van der Waals surface area contributed by atoms with Crippen molar-refractivity contribution in [2.24, 2.45) is 0 Å². The molecule has 0 amide bonds. The van der Waals surface area contributed by atoms with Crippen LogP contribution in [0.5, 0.6) is 5.75 Å². The molecule has 0 N–H and O–H groups in total. The van der Waals surface area contributed by atoms with Gasteiger partial charge in [-0.05, 0) is 31.5 Å². The molecule has 0 radical (unpaired) electrons. The summed E-state index contributed by atoms with van der Waals surface area (Å²) in [5.74, 6) is 1.10. The minimum absolute atomic E-state index is 0.0624. The molecule has 0 spiro atoms. The molecule has 1 aromatic rings. The molecule has 106 valence electrons. The Morgan fingerprint density at radius 3 is 2.68 bits per heavy atom. The van der Waals surface area contributed by atoms with E-state index >= 15 is 0 Å². The molecule has 4 nitrogen and oxygen atoms in total. The van der Waals surface area contributed by atoms with E-state index in [0.29, 0.717) is 0 Å². The average Bonchev–Trinajstić information content (AvgIpc) is 2.20. The van der Waals surface area contributed by atoms with Crippen molar-refractivity contribution in [3.8, 4) is 5.75 Å². The molecular weight excluding hydrogens is 262 g/mol. The van der Waals surface area contributed by atoms with Gasteiger partial charge in [0.1, 0.15) is 21.7 Å². The normalized spacial score (nSPS) is 18.9. The maximum absolute atomic E-state index is 11.2. The van der Waals surface area contributed by atoms with Crippen LogP contribution in [0.4, 0.5) is 0 Å². The number of nitrogens with zero attached hydrogens (tertiary/aromatic N) is 1. The van der Waals surface area contributed by atoms with Gasteiger partial charge in [0.15, 0.2) is 0 Å². The van der Waals surface area contributed by atoms with Crippen molar-refractivity contribution in [3.63, 3.8) is 0 Å². The zero-order valence-electron chi connectivity index (χ0n) is 11.7. The molecular formula is C14H21NO3S. The van der Waals surface area contributed by atoms with Crippen LogP contribution in [0.2, 0.25) is 0 Å². The quantitative estimate of drug-likeness (QED) is 0.821. The van der Waals surface area contributed by atoms with Crippen LogP contribution in [-0.4, -0.2) is 50.6 Å². The van der Waals surface area contributed by atoms with E-state index in [1.54, 1.807) is 0 Å². The molecule has 0 bridgehead atoms. The van der Waals surface area contributed by atoms with Crippen LogP contribution < -0.4 is 4.74 Å². The third kappa shape index (κ3) is 4.21. The van der Waals surface area contributed by atoms with Crippen LogP contribution in [0.3, 0.4) is 0 Å². The highest BCUT2D eigenvalue weighted by atomic mass is 32.2. The van der Waals surface area contributed by atoms with Gasteiger partial charge in [0.25, 0.3) is 0 Å². The molecule has 1 atom stereocenters. The first kappa shape index (κ1) is 14.3. The van der Waals surface area contributed by atoms with Gasteiger partial charge in [-0.1, -0.05) is 12.1 Å². The van der Waals surface area contributed by atoms with E-state index in [2.05, 4.69) is 4.90 Å². The molecule has 1 fully saturated rings. The van der Waals surface area contributed by atoms with Crippen LogP contribution in [0.25, 0.3) is 0 Å². The predicted molar refractivity (Wildman–Crippen MR) is 76.3 cm³/mol. The number of hydrogen-bond donors (Lipinski definition) is 0. The Hall–Kier alpha value is -1.07. The topological polar surface area (TPSA) is 46.6 Å². The van der Waals surface area contributed by atoms with Crippen LogP contribution in [0.15, 0.2) is 24.3 Å². The maximum atomic E-state index is 11.2. The Balaban J connectivity index is 1.80. The largest absolute Gasteiger partial charge is 0.488 e. The second-order valence-electron chi connectivity index (χ2n) is 5.45. The number of aryl methyl sites for hydroxylation is 1. The Morgan fingerprint density at radius 1 is 1.42 bits per heavy atom. The molecule has 0 unspecified atom stereocenters. The summed E-state index contributed by atoms with van der Waals surface area (Å²) in [4.78, 5) is 2.14. The summed E-state index contributed by atoms with van der Waals surface area (Å²) in [5, 5.41) is 0. The van der Waals surface area contributed by atoms with Crippen molar-refractivity contribution in [2.45, 2.75) is 26.0 Å². The zero-order valence-corrected chi connectivity index (χ0v) is 12.5.